The summed E-state index contributed by atoms with van der Waals surface area (Å²) in [4.78, 5) is 2.52. The fourth-order valence-electron chi connectivity index (χ4n) is 3.05. The third-order valence-electron chi connectivity index (χ3n) is 4.44. The van der Waals surface area contributed by atoms with Crippen molar-refractivity contribution in [3.8, 4) is 0 Å². The third-order valence-corrected chi connectivity index (χ3v) is 4.44. The fourth-order valence-corrected chi connectivity index (χ4v) is 3.05. The van der Waals surface area contributed by atoms with E-state index in [1.165, 1.54) is 68.1 Å². The number of fused-ring (bicyclic) bond motifs is 1. The minimum atomic E-state index is 0. The van der Waals surface area contributed by atoms with Crippen LogP contribution in [0.15, 0.2) is 42.5 Å². The predicted molar refractivity (Wildman–Crippen MR) is 97.5 cm³/mol. The Morgan fingerprint density at radius 2 is 1.45 bits per heavy atom. The monoisotopic (exact) mass is 301 g/mol. The van der Waals surface area contributed by atoms with E-state index >= 15 is 0 Å². The number of rotatable bonds is 9. The molecule has 0 amide bonds. The molecule has 0 fully saturated rings. The molecule has 2 N–H and O–H groups in total. The molecule has 0 saturated carbocycles. The number of hydrogen-bond acceptors (Lipinski definition) is 1. The van der Waals surface area contributed by atoms with Gasteiger partial charge in [0.15, 0.2) is 0 Å². The molecule has 2 aromatic rings. The van der Waals surface area contributed by atoms with Crippen LogP contribution in [0.5, 0.6) is 0 Å². The summed E-state index contributed by atoms with van der Waals surface area (Å²) < 4.78 is 0. The molecule has 0 aliphatic heterocycles. The number of unbranched alkanes of at least 4 members (excludes halogenated alkanes) is 3. The van der Waals surface area contributed by atoms with E-state index in [9.17, 15) is 0 Å². The zero-order valence-corrected chi connectivity index (χ0v) is 14.1. The van der Waals surface area contributed by atoms with E-state index in [2.05, 4.69) is 61.2 Å². The Kier molecular flexibility index (Phi) is 8.79. The first kappa shape index (κ1) is 18.7. The minimum absolute atomic E-state index is 0. The van der Waals surface area contributed by atoms with Gasteiger partial charge < -0.3 is 10.4 Å². The quantitative estimate of drug-likeness (QED) is 0.630. The molecule has 2 heteroatoms. The zero-order valence-electron chi connectivity index (χ0n) is 14.1. The van der Waals surface area contributed by atoms with Gasteiger partial charge in [0.05, 0.1) is 0 Å². The molecule has 0 aromatic heterocycles. The van der Waals surface area contributed by atoms with Gasteiger partial charge >= 0.3 is 0 Å². The summed E-state index contributed by atoms with van der Waals surface area (Å²) in [6, 6.07) is 15.4. The molecular formula is C20H31NO. The first-order valence-electron chi connectivity index (χ1n) is 8.54. The Balaban J connectivity index is 0.00000242. The normalized spacial score (nSPS) is 10.9. The van der Waals surface area contributed by atoms with E-state index in [0.29, 0.717) is 0 Å². The largest absolute Gasteiger partial charge is 0.412 e. The summed E-state index contributed by atoms with van der Waals surface area (Å²) in [5.74, 6) is 0. The average molecular weight is 301 g/mol. The molecule has 0 atom stereocenters. The Bertz CT molecular complexity index is 529. The number of aryl methyl sites for hydroxylation is 1. The smallest absolute Gasteiger partial charge is 0.00190 e. The number of hydrogen-bond donors (Lipinski definition) is 0. The van der Waals surface area contributed by atoms with Crippen LogP contribution >= 0.6 is 0 Å². The Morgan fingerprint density at radius 1 is 0.773 bits per heavy atom. The molecule has 0 unspecified atom stereocenters. The van der Waals surface area contributed by atoms with Crippen LogP contribution in [-0.4, -0.2) is 30.0 Å². The maximum atomic E-state index is 2.52. The van der Waals surface area contributed by atoms with Crippen molar-refractivity contribution in [2.24, 2.45) is 0 Å². The van der Waals surface area contributed by atoms with Gasteiger partial charge in [-0.15, -0.1) is 0 Å². The van der Waals surface area contributed by atoms with Gasteiger partial charge in [-0.25, -0.2) is 0 Å². The maximum absolute atomic E-state index is 2.52. The van der Waals surface area contributed by atoms with E-state index < -0.39 is 0 Å². The predicted octanol–water partition coefficient (Wildman–Crippen LogP) is 4.46. The fraction of sp³-hybridized carbons (Fsp3) is 0.500. The van der Waals surface area contributed by atoms with Crippen molar-refractivity contribution in [1.82, 2.24) is 4.90 Å². The van der Waals surface area contributed by atoms with Crippen LogP contribution in [0.3, 0.4) is 0 Å². The molecule has 0 spiro atoms. The lowest BCUT2D eigenvalue weighted by Crippen LogP contribution is -2.23. The summed E-state index contributed by atoms with van der Waals surface area (Å²) >= 11 is 0. The molecule has 2 nitrogen and oxygen atoms in total. The highest BCUT2D eigenvalue weighted by molar-refractivity contribution is 5.85. The summed E-state index contributed by atoms with van der Waals surface area (Å²) in [6.45, 7) is 8.15. The van der Waals surface area contributed by atoms with Crippen molar-refractivity contribution in [2.75, 3.05) is 19.6 Å². The molecule has 0 radical (unpaired) electrons. The molecule has 122 valence electrons. The van der Waals surface area contributed by atoms with Crippen LogP contribution in [0, 0.1) is 0 Å². The summed E-state index contributed by atoms with van der Waals surface area (Å²) in [7, 11) is 0. The van der Waals surface area contributed by atoms with Gasteiger partial charge in [0.2, 0.25) is 0 Å². The molecular weight excluding hydrogens is 270 g/mol. The van der Waals surface area contributed by atoms with Crippen LogP contribution in [-0.2, 0) is 6.42 Å². The van der Waals surface area contributed by atoms with Crippen molar-refractivity contribution in [3.63, 3.8) is 0 Å². The lowest BCUT2D eigenvalue weighted by molar-refractivity contribution is 0.295. The second-order valence-corrected chi connectivity index (χ2v) is 5.83. The van der Waals surface area contributed by atoms with Crippen molar-refractivity contribution >= 4 is 10.8 Å². The van der Waals surface area contributed by atoms with Crippen molar-refractivity contribution in [2.45, 2.75) is 46.0 Å². The molecule has 2 rings (SSSR count). The SMILES string of the molecule is CCN(CC)CCCCCCc1cccc2ccccc12.O. The highest BCUT2D eigenvalue weighted by Gasteiger charge is 2.01. The highest BCUT2D eigenvalue weighted by atomic mass is 16.0. The molecule has 0 saturated heterocycles. The van der Waals surface area contributed by atoms with E-state index in [4.69, 9.17) is 0 Å². The van der Waals surface area contributed by atoms with Gasteiger partial charge in [0.25, 0.3) is 0 Å². The van der Waals surface area contributed by atoms with Gasteiger partial charge in [-0.1, -0.05) is 69.2 Å². The van der Waals surface area contributed by atoms with Crippen molar-refractivity contribution in [1.29, 1.82) is 0 Å². The third kappa shape index (κ3) is 5.43. The molecule has 2 aromatic carbocycles. The van der Waals surface area contributed by atoms with Crippen molar-refractivity contribution < 1.29 is 5.48 Å². The lowest BCUT2D eigenvalue weighted by atomic mass is 9.99. The topological polar surface area (TPSA) is 34.7 Å². The Hall–Kier alpha value is -1.38. The maximum Gasteiger partial charge on any atom is -0.00190 e. The van der Waals surface area contributed by atoms with E-state index in [0.717, 1.165) is 0 Å². The second-order valence-electron chi connectivity index (χ2n) is 5.83. The Labute approximate surface area is 135 Å². The van der Waals surface area contributed by atoms with Gasteiger partial charge in [-0.05, 0) is 55.2 Å². The van der Waals surface area contributed by atoms with E-state index in [1.807, 2.05) is 0 Å². The standard InChI is InChI=1S/C20H29N.H2O/c1-3-21(4-2)17-10-6-5-7-12-18-14-11-15-19-13-8-9-16-20(18)19;/h8-9,11,13-16H,3-7,10,12,17H2,1-2H3;1H2. The number of benzene rings is 2. The highest BCUT2D eigenvalue weighted by Crippen LogP contribution is 2.20. The molecule has 0 aliphatic carbocycles. The van der Waals surface area contributed by atoms with Gasteiger partial charge in [0, 0.05) is 0 Å². The zero-order chi connectivity index (χ0) is 14.9. The van der Waals surface area contributed by atoms with Crippen LogP contribution in [0.2, 0.25) is 0 Å². The van der Waals surface area contributed by atoms with E-state index in [1.54, 1.807) is 0 Å². The van der Waals surface area contributed by atoms with Gasteiger partial charge in [0.1, 0.15) is 0 Å². The summed E-state index contributed by atoms with van der Waals surface area (Å²) in [6.07, 6.45) is 6.59. The summed E-state index contributed by atoms with van der Waals surface area (Å²) in [5.41, 5.74) is 1.51. The second kappa shape index (κ2) is 10.4. The van der Waals surface area contributed by atoms with Gasteiger partial charge in [-0.2, -0.15) is 0 Å². The number of nitrogens with zero attached hydrogens (tertiary/aromatic N) is 1. The van der Waals surface area contributed by atoms with Gasteiger partial charge in [-0.3, -0.25) is 0 Å². The van der Waals surface area contributed by atoms with Crippen LogP contribution < -0.4 is 0 Å². The van der Waals surface area contributed by atoms with E-state index in [-0.39, 0.29) is 5.48 Å². The van der Waals surface area contributed by atoms with Crippen LogP contribution in [0.25, 0.3) is 10.8 Å². The molecule has 0 heterocycles. The lowest BCUT2D eigenvalue weighted by Gasteiger charge is -2.17. The van der Waals surface area contributed by atoms with Crippen LogP contribution in [0.4, 0.5) is 0 Å². The first-order chi connectivity index (χ1) is 10.3. The molecule has 0 aliphatic rings. The summed E-state index contributed by atoms with van der Waals surface area (Å²) in [5, 5.41) is 2.81. The first-order valence-corrected chi connectivity index (χ1v) is 8.54. The molecule has 0 bridgehead atoms. The Morgan fingerprint density at radius 3 is 2.23 bits per heavy atom. The van der Waals surface area contributed by atoms with Crippen molar-refractivity contribution in [3.05, 3.63) is 48.0 Å². The average Bonchev–Trinajstić information content (AvgIpc) is 2.54. The minimum Gasteiger partial charge on any atom is -0.412 e. The van der Waals surface area contributed by atoms with Crippen LogP contribution in [0.1, 0.15) is 45.1 Å². The molecule has 22 heavy (non-hydrogen) atoms.